The average Bonchev–Trinajstić information content (AvgIpc) is 2.15. The first-order chi connectivity index (χ1) is 6.25. The van der Waals surface area contributed by atoms with Crippen LogP contribution >= 0.6 is 23.2 Å². The summed E-state index contributed by atoms with van der Waals surface area (Å²) in [7, 11) is 0. The van der Waals surface area contributed by atoms with E-state index in [4.69, 9.17) is 23.2 Å². The van der Waals surface area contributed by atoms with Crippen molar-refractivity contribution in [1.82, 2.24) is 5.32 Å². The zero-order chi connectivity index (χ0) is 9.68. The number of nitrogens with one attached hydrogen (secondary N) is 1. The summed E-state index contributed by atoms with van der Waals surface area (Å²) in [5.41, 5.74) is 0.481. The van der Waals surface area contributed by atoms with Crippen LogP contribution in [0.4, 0.5) is 0 Å². The molecule has 0 aliphatic carbocycles. The van der Waals surface area contributed by atoms with Crippen LogP contribution in [-0.2, 0) is 0 Å². The van der Waals surface area contributed by atoms with Crippen LogP contribution in [-0.4, -0.2) is 18.3 Å². The number of halogens is 2. The molecule has 1 aromatic carbocycles. The van der Waals surface area contributed by atoms with Gasteiger partial charge in [-0.05, 0) is 12.1 Å². The van der Waals surface area contributed by atoms with Crippen molar-refractivity contribution in [1.29, 1.82) is 0 Å². The van der Waals surface area contributed by atoms with Gasteiger partial charge < -0.3 is 5.32 Å². The molecule has 0 aromatic heterocycles. The molecule has 0 unspecified atom stereocenters. The highest BCUT2D eigenvalue weighted by atomic mass is 35.5. The van der Waals surface area contributed by atoms with E-state index in [2.05, 4.69) is 5.32 Å². The van der Waals surface area contributed by atoms with E-state index in [0.29, 0.717) is 23.0 Å². The number of hydrogen-bond acceptors (Lipinski definition) is 1. The van der Waals surface area contributed by atoms with Crippen LogP contribution in [0.15, 0.2) is 24.3 Å². The molecule has 1 rings (SSSR count). The molecule has 4 heteroatoms. The van der Waals surface area contributed by atoms with E-state index in [1.165, 1.54) is 0 Å². The van der Waals surface area contributed by atoms with E-state index >= 15 is 0 Å². The lowest BCUT2D eigenvalue weighted by atomic mass is 10.2. The van der Waals surface area contributed by atoms with E-state index in [9.17, 15) is 4.79 Å². The molecule has 0 fully saturated rings. The number of amides is 1. The molecule has 0 aliphatic heterocycles. The summed E-state index contributed by atoms with van der Waals surface area (Å²) in [4.78, 5) is 11.4. The molecular formula is C9H9Cl2NO. The highest BCUT2D eigenvalue weighted by Crippen LogP contribution is 2.14. The standard InChI is InChI=1S/C9H9Cl2NO/c10-5-6-12-9(13)7-3-1-2-4-8(7)11/h1-4H,5-6H2,(H,12,13). The Morgan fingerprint density at radius 2 is 2.08 bits per heavy atom. The van der Waals surface area contributed by atoms with Crippen molar-refractivity contribution in [2.75, 3.05) is 12.4 Å². The number of carbonyl (C=O) groups is 1. The molecule has 1 N–H and O–H groups in total. The van der Waals surface area contributed by atoms with Crippen molar-refractivity contribution < 1.29 is 4.79 Å². The summed E-state index contributed by atoms with van der Waals surface area (Å²) in [5, 5.41) is 3.09. The topological polar surface area (TPSA) is 29.1 Å². The Morgan fingerprint density at radius 3 is 2.69 bits per heavy atom. The highest BCUT2D eigenvalue weighted by molar-refractivity contribution is 6.33. The maximum absolute atomic E-state index is 11.4. The van der Waals surface area contributed by atoms with E-state index in [1.807, 2.05) is 0 Å². The second kappa shape index (κ2) is 5.10. The lowest BCUT2D eigenvalue weighted by Gasteiger charge is -2.03. The molecule has 70 valence electrons. The van der Waals surface area contributed by atoms with Gasteiger partial charge in [0.25, 0.3) is 5.91 Å². The molecule has 2 nitrogen and oxygen atoms in total. The fourth-order valence-corrected chi connectivity index (χ4v) is 1.22. The largest absolute Gasteiger partial charge is 0.351 e. The fraction of sp³-hybridized carbons (Fsp3) is 0.222. The minimum Gasteiger partial charge on any atom is -0.351 e. The first-order valence-electron chi connectivity index (χ1n) is 3.84. The Morgan fingerprint density at radius 1 is 1.38 bits per heavy atom. The quantitative estimate of drug-likeness (QED) is 0.775. The van der Waals surface area contributed by atoms with Gasteiger partial charge in [0.15, 0.2) is 0 Å². The van der Waals surface area contributed by atoms with E-state index < -0.39 is 0 Å². The molecule has 13 heavy (non-hydrogen) atoms. The molecule has 0 bridgehead atoms. The molecule has 0 saturated heterocycles. The van der Waals surface area contributed by atoms with Crippen LogP contribution in [0.25, 0.3) is 0 Å². The first-order valence-corrected chi connectivity index (χ1v) is 4.75. The highest BCUT2D eigenvalue weighted by Gasteiger charge is 2.07. The number of carbonyl (C=O) groups excluding carboxylic acids is 1. The van der Waals surface area contributed by atoms with E-state index in [1.54, 1.807) is 24.3 Å². The van der Waals surface area contributed by atoms with Gasteiger partial charge >= 0.3 is 0 Å². The van der Waals surface area contributed by atoms with Gasteiger partial charge in [-0.25, -0.2) is 0 Å². The van der Waals surface area contributed by atoms with Gasteiger partial charge in [-0.2, -0.15) is 0 Å². The summed E-state index contributed by atoms with van der Waals surface area (Å²) in [6, 6.07) is 6.89. The van der Waals surface area contributed by atoms with Crippen LogP contribution in [0.5, 0.6) is 0 Å². The summed E-state index contributed by atoms with van der Waals surface area (Å²) >= 11 is 11.2. The Bertz CT molecular complexity index is 301. The van der Waals surface area contributed by atoms with Crippen molar-refractivity contribution in [3.8, 4) is 0 Å². The predicted octanol–water partition coefficient (Wildman–Crippen LogP) is 2.31. The van der Waals surface area contributed by atoms with Crippen molar-refractivity contribution in [2.24, 2.45) is 0 Å². The average molecular weight is 218 g/mol. The Hall–Kier alpha value is -0.730. The SMILES string of the molecule is O=C(NCCCl)c1ccccc1Cl. The molecular weight excluding hydrogens is 209 g/mol. The van der Waals surface area contributed by atoms with Crippen molar-refractivity contribution in [3.05, 3.63) is 34.9 Å². The van der Waals surface area contributed by atoms with E-state index in [0.717, 1.165) is 0 Å². The van der Waals surface area contributed by atoms with Crippen LogP contribution in [0.1, 0.15) is 10.4 Å². The molecule has 1 aromatic rings. The Balaban J connectivity index is 2.71. The number of hydrogen-bond donors (Lipinski definition) is 1. The zero-order valence-electron chi connectivity index (χ0n) is 6.89. The second-order valence-electron chi connectivity index (χ2n) is 2.42. The van der Waals surface area contributed by atoms with Gasteiger partial charge in [0.05, 0.1) is 10.6 Å². The second-order valence-corrected chi connectivity index (χ2v) is 3.21. The molecule has 1 amide bonds. The molecule has 0 radical (unpaired) electrons. The summed E-state index contributed by atoms with van der Waals surface area (Å²) < 4.78 is 0. The molecule has 0 saturated carbocycles. The number of benzene rings is 1. The maximum atomic E-state index is 11.4. The minimum atomic E-state index is -0.189. The summed E-state index contributed by atoms with van der Waals surface area (Å²) in [6.07, 6.45) is 0. The van der Waals surface area contributed by atoms with Crippen molar-refractivity contribution >= 4 is 29.1 Å². The lowest BCUT2D eigenvalue weighted by molar-refractivity contribution is 0.0956. The summed E-state index contributed by atoms with van der Waals surface area (Å²) in [5.74, 6) is 0.210. The monoisotopic (exact) mass is 217 g/mol. The summed E-state index contributed by atoms with van der Waals surface area (Å²) in [6.45, 7) is 0.450. The predicted molar refractivity (Wildman–Crippen MR) is 54.5 cm³/mol. The first kappa shape index (κ1) is 10.4. The van der Waals surface area contributed by atoms with Crippen LogP contribution in [0.2, 0.25) is 5.02 Å². The third-order valence-electron chi connectivity index (χ3n) is 1.50. The van der Waals surface area contributed by atoms with E-state index in [-0.39, 0.29) is 5.91 Å². The van der Waals surface area contributed by atoms with Crippen LogP contribution in [0, 0.1) is 0 Å². The van der Waals surface area contributed by atoms with Crippen LogP contribution < -0.4 is 5.32 Å². The maximum Gasteiger partial charge on any atom is 0.252 e. The van der Waals surface area contributed by atoms with Crippen molar-refractivity contribution in [2.45, 2.75) is 0 Å². The zero-order valence-corrected chi connectivity index (χ0v) is 8.40. The molecule has 0 heterocycles. The van der Waals surface area contributed by atoms with Gasteiger partial charge in [-0.15, -0.1) is 11.6 Å². The third-order valence-corrected chi connectivity index (χ3v) is 2.02. The van der Waals surface area contributed by atoms with Crippen LogP contribution in [0.3, 0.4) is 0 Å². The third kappa shape index (κ3) is 2.90. The van der Waals surface area contributed by atoms with Gasteiger partial charge in [0.1, 0.15) is 0 Å². The molecule has 0 aliphatic rings. The number of rotatable bonds is 3. The molecule has 0 spiro atoms. The van der Waals surface area contributed by atoms with Gasteiger partial charge in [0.2, 0.25) is 0 Å². The smallest absolute Gasteiger partial charge is 0.252 e. The lowest BCUT2D eigenvalue weighted by Crippen LogP contribution is -2.25. The normalized spacial score (nSPS) is 9.69. The Labute approximate surface area is 86.8 Å². The minimum absolute atomic E-state index is 0.189. The van der Waals surface area contributed by atoms with Gasteiger partial charge in [-0.3, -0.25) is 4.79 Å². The van der Waals surface area contributed by atoms with Gasteiger partial charge in [0, 0.05) is 12.4 Å². The van der Waals surface area contributed by atoms with Crippen molar-refractivity contribution in [3.63, 3.8) is 0 Å². The Kier molecular flexibility index (Phi) is 4.06. The number of alkyl halides is 1. The fourth-order valence-electron chi connectivity index (χ4n) is 0.901. The molecule has 0 atom stereocenters. The van der Waals surface area contributed by atoms with Gasteiger partial charge in [-0.1, -0.05) is 23.7 Å².